The van der Waals surface area contributed by atoms with Crippen molar-refractivity contribution in [2.24, 2.45) is 5.92 Å². The van der Waals surface area contributed by atoms with Crippen LogP contribution in [0.2, 0.25) is 0 Å². The summed E-state index contributed by atoms with van der Waals surface area (Å²) in [6, 6.07) is 23.9. The molecule has 0 aliphatic carbocycles. The van der Waals surface area contributed by atoms with E-state index in [4.69, 9.17) is 0 Å². The van der Waals surface area contributed by atoms with Crippen molar-refractivity contribution in [3.05, 3.63) is 106 Å². The maximum absolute atomic E-state index is 15.1. The summed E-state index contributed by atoms with van der Waals surface area (Å²) in [5.41, 5.74) is 7.23. The Bertz CT molecular complexity index is 2340. The van der Waals surface area contributed by atoms with Gasteiger partial charge in [-0.3, -0.25) is 24.5 Å². The second-order valence-corrected chi connectivity index (χ2v) is 17.9. The van der Waals surface area contributed by atoms with Crippen LogP contribution in [0.5, 0.6) is 0 Å². The number of hydrogen-bond donors (Lipinski definition) is 5. The van der Waals surface area contributed by atoms with Crippen LogP contribution in [0.1, 0.15) is 104 Å². The van der Waals surface area contributed by atoms with Crippen molar-refractivity contribution in [1.82, 2.24) is 25.8 Å². The second-order valence-electron chi connectivity index (χ2n) is 17.9. The van der Waals surface area contributed by atoms with Crippen LogP contribution in [-0.2, 0) is 19.2 Å². The fourth-order valence-corrected chi connectivity index (χ4v) is 9.13. The van der Waals surface area contributed by atoms with E-state index in [0.29, 0.717) is 49.1 Å². The molecular weight excluding hydrogens is 806 g/mol. The number of nitrogens with zero attached hydrogens (tertiary/aromatic N) is 2. The second kappa shape index (κ2) is 22.2. The third-order valence-corrected chi connectivity index (χ3v) is 13.4. The zero-order chi connectivity index (χ0) is 45.0. The lowest BCUT2D eigenvalue weighted by Crippen LogP contribution is -2.51. The predicted octanol–water partition coefficient (Wildman–Crippen LogP) is 7.33. The fourth-order valence-electron chi connectivity index (χ4n) is 9.13. The molecule has 4 saturated heterocycles. The number of anilines is 2. The highest BCUT2D eigenvalue weighted by molar-refractivity contribution is 6.01. The number of halogens is 1. The molecule has 4 amide bonds. The number of carbonyl (C=O) groups excluding carboxylic acids is 4. The van der Waals surface area contributed by atoms with E-state index >= 15 is 4.39 Å². The van der Waals surface area contributed by atoms with E-state index in [1.165, 1.54) is 22.9 Å². The molecule has 0 spiro atoms. The van der Waals surface area contributed by atoms with Gasteiger partial charge in [0.1, 0.15) is 11.9 Å². The third kappa shape index (κ3) is 12.3. The Morgan fingerprint density at radius 2 is 1.59 bits per heavy atom. The van der Waals surface area contributed by atoms with Crippen LogP contribution in [0.15, 0.2) is 72.8 Å². The molecule has 338 valence electrons. The van der Waals surface area contributed by atoms with E-state index in [2.05, 4.69) is 99.6 Å². The molecule has 4 heterocycles. The number of hydrogen-bond acceptors (Lipinski definition) is 8. The van der Waals surface area contributed by atoms with Gasteiger partial charge in [-0.15, -0.1) is 0 Å². The molecule has 0 aromatic heterocycles. The van der Waals surface area contributed by atoms with Crippen molar-refractivity contribution in [3.8, 4) is 11.8 Å². The molecule has 2 unspecified atom stereocenters. The van der Waals surface area contributed by atoms with Crippen LogP contribution in [0.3, 0.4) is 0 Å². The smallest absolute Gasteiger partial charge is 0.249 e. The van der Waals surface area contributed by atoms with Crippen LogP contribution < -0.4 is 26.6 Å². The molecule has 4 aromatic rings. The molecular formula is C52H64FN7O4. The first-order valence-corrected chi connectivity index (χ1v) is 23.2. The molecule has 0 saturated carbocycles. The summed E-state index contributed by atoms with van der Waals surface area (Å²) in [6.07, 6.45) is 7.29. The van der Waals surface area contributed by atoms with Crippen molar-refractivity contribution in [1.29, 1.82) is 0 Å². The SMILES string of the molecule is CC(NC=O)c1ccc(C#CC2CCN(CCCCC(=O)N3CCC(c4ccc(NC5CCC(=O)NC5=O)cc4F)CC3)CC2)c2ccccc12.Cc1ccc(NC2CNC2)cc1C. The molecule has 64 heavy (non-hydrogen) atoms. The number of piperidine rings is 3. The zero-order valence-electron chi connectivity index (χ0n) is 37.6. The summed E-state index contributed by atoms with van der Waals surface area (Å²) in [5.74, 6) is 6.60. The summed E-state index contributed by atoms with van der Waals surface area (Å²) in [7, 11) is 0. The zero-order valence-corrected chi connectivity index (χ0v) is 37.6. The molecule has 4 aliphatic rings. The Kier molecular flexibility index (Phi) is 16.1. The van der Waals surface area contributed by atoms with Gasteiger partial charge in [0.2, 0.25) is 24.1 Å². The van der Waals surface area contributed by atoms with Crippen molar-refractivity contribution in [2.75, 3.05) is 56.4 Å². The summed E-state index contributed by atoms with van der Waals surface area (Å²) in [4.78, 5) is 51.8. The summed E-state index contributed by atoms with van der Waals surface area (Å²) in [5, 5.41) is 17.2. The number of likely N-dealkylation sites (tertiary alicyclic amines) is 2. The Morgan fingerprint density at radius 1 is 0.859 bits per heavy atom. The maximum Gasteiger partial charge on any atom is 0.249 e. The van der Waals surface area contributed by atoms with Gasteiger partial charge in [-0.1, -0.05) is 54.3 Å². The lowest BCUT2D eigenvalue weighted by molar-refractivity contribution is -0.134. The Labute approximate surface area is 377 Å². The normalized spacial score (nSPS) is 19.0. The van der Waals surface area contributed by atoms with E-state index in [0.717, 1.165) is 99.6 Å². The number of unbranched alkanes of at least 4 members (excludes halogenated alkanes) is 1. The number of amides is 4. The predicted molar refractivity (Wildman–Crippen MR) is 252 cm³/mol. The van der Waals surface area contributed by atoms with Crippen LogP contribution >= 0.6 is 0 Å². The van der Waals surface area contributed by atoms with E-state index in [1.54, 1.807) is 12.1 Å². The number of fused-ring (bicyclic) bond motifs is 1. The largest absolute Gasteiger partial charge is 0.380 e. The highest BCUT2D eigenvalue weighted by atomic mass is 19.1. The number of benzene rings is 4. The van der Waals surface area contributed by atoms with E-state index < -0.39 is 6.04 Å². The number of nitrogens with one attached hydrogen (secondary N) is 5. The topological polar surface area (TPSA) is 135 Å². The first kappa shape index (κ1) is 46.2. The highest BCUT2D eigenvalue weighted by Gasteiger charge is 2.28. The minimum Gasteiger partial charge on any atom is -0.380 e. The molecule has 8 rings (SSSR count). The molecule has 4 aromatic carbocycles. The molecule has 4 aliphatic heterocycles. The minimum absolute atomic E-state index is 0.0480. The fraction of sp³-hybridized carbons (Fsp3) is 0.462. The van der Waals surface area contributed by atoms with Crippen molar-refractivity contribution in [3.63, 3.8) is 0 Å². The van der Waals surface area contributed by atoms with E-state index in [1.807, 2.05) is 24.0 Å². The third-order valence-electron chi connectivity index (χ3n) is 13.4. The lowest BCUT2D eigenvalue weighted by Gasteiger charge is -2.33. The number of imide groups is 1. The van der Waals surface area contributed by atoms with Gasteiger partial charge in [0.15, 0.2) is 0 Å². The van der Waals surface area contributed by atoms with Gasteiger partial charge < -0.3 is 31.1 Å². The van der Waals surface area contributed by atoms with E-state index in [9.17, 15) is 19.2 Å². The van der Waals surface area contributed by atoms with Gasteiger partial charge >= 0.3 is 0 Å². The summed E-state index contributed by atoms with van der Waals surface area (Å²) >= 11 is 0. The molecule has 0 radical (unpaired) electrons. The standard InChI is InChI=1S/C41H48FN5O4.C11H16N2/c1-28(43-27-48)33-13-11-30(34-6-2-3-7-36(33)34)10-9-29-17-22-46(23-18-29)21-5-4-8-40(50)47-24-19-31(20-25-47)35-14-12-32(26-37(35)42)44-38-15-16-39(49)45-41(38)51;1-8-3-4-10(5-9(8)2)13-11-6-12-7-11/h2-3,6-7,11-14,26-29,31,38,44H,4-5,8,15-25H2,1H3,(H,43,48)(H,45,49,51);3-5,11-13H,6-7H2,1-2H3. The van der Waals surface area contributed by atoms with Crippen LogP contribution in [0.25, 0.3) is 10.8 Å². The minimum atomic E-state index is -0.555. The van der Waals surface area contributed by atoms with Crippen LogP contribution in [0, 0.1) is 37.4 Å². The average Bonchev–Trinajstić information content (AvgIpc) is 3.28. The number of carbonyl (C=O) groups is 4. The highest BCUT2D eigenvalue weighted by Crippen LogP contribution is 2.32. The van der Waals surface area contributed by atoms with Crippen molar-refractivity contribution >= 4 is 46.3 Å². The van der Waals surface area contributed by atoms with Crippen LogP contribution in [0.4, 0.5) is 15.8 Å². The number of aryl methyl sites for hydroxylation is 2. The van der Waals surface area contributed by atoms with Crippen molar-refractivity contribution in [2.45, 2.75) is 103 Å². The average molecular weight is 870 g/mol. The van der Waals surface area contributed by atoms with Gasteiger partial charge in [-0.2, -0.15) is 0 Å². The maximum atomic E-state index is 15.1. The van der Waals surface area contributed by atoms with Gasteiger partial charge in [0, 0.05) is 61.9 Å². The Hall–Kier alpha value is -5.77. The monoisotopic (exact) mass is 870 g/mol. The summed E-state index contributed by atoms with van der Waals surface area (Å²) < 4.78 is 15.1. The Balaban J connectivity index is 0.000000401. The van der Waals surface area contributed by atoms with Gasteiger partial charge in [-0.05, 0) is 155 Å². The summed E-state index contributed by atoms with van der Waals surface area (Å²) in [6.45, 7) is 12.7. The first-order valence-electron chi connectivity index (χ1n) is 23.2. The number of rotatable bonds is 13. The molecule has 0 bridgehead atoms. The first-order chi connectivity index (χ1) is 31.0. The van der Waals surface area contributed by atoms with Crippen molar-refractivity contribution < 1.29 is 23.6 Å². The molecule has 11 nitrogen and oxygen atoms in total. The van der Waals surface area contributed by atoms with Gasteiger partial charge in [0.25, 0.3) is 0 Å². The molecule has 5 N–H and O–H groups in total. The Morgan fingerprint density at radius 3 is 2.28 bits per heavy atom. The molecule has 4 fully saturated rings. The molecule has 2 atom stereocenters. The van der Waals surface area contributed by atoms with Gasteiger partial charge in [0.05, 0.1) is 12.1 Å². The quantitative estimate of drug-likeness (QED) is 0.0409. The van der Waals surface area contributed by atoms with Crippen LogP contribution in [-0.4, -0.2) is 91.8 Å². The molecule has 12 heteroatoms. The van der Waals surface area contributed by atoms with Gasteiger partial charge in [-0.25, -0.2) is 4.39 Å². The lowest BCUT2D eigenvalue weighted by atomic mass is 9.88. The van der Waals surface area contributed by atoms with E-state index in [-0.39, 0.29) is 41.9 Å².